The first kappa shape index (κ1) is 25.2. The van der Waals surface area contributed by atoms with Gasteiger partial charge in [0.15, 0.2) is 5.96 Å². The molecule has 0 saturated carbocycles. The van der Waals surface area contributed by atoms with E-state index in [9.17, 15) is 4.79 Å². The van der Waals surface area contributed by atoms with Crippen molar-refractivity contribution in [1.82, 2.24) is 0 Å². The van der Waals surface area contributed by atoms with Gasteiger partial charge in [0, 0.05) is 12.8 Å². The lowest BCUT2D eigenvalue weighted by molar-refractivity contribution is -0.136. The second-order valence-electron chi connectivity index (χ2n) is 4.65. The number of carboxylic acids is 2. The van der Waals surface area contributed by atoms with Crippen LogP contribution < -0.4 is 11.5 Å². The van der Waals surface area contributed by atoms with Crippen LogP contribution >= 0.6 is 11.6 Å². The van der Waals surface area contributed by atoms with Gasteiger partial charge in [-0.3, -0.25) is 15.0 Å². The maximum Gasteiger partial charge on any atom is 0.307 e. The van der Waals surface area contributed by atoms with Crippen molar-refractivity contribution in [3.05, 3.63) is 71.8 Å². The summed E-state index contributed by atoms with van der Waals surface area (Å²) in [6.45, 7) is 1.08. The van der Waals surface area contributed by atoms with Gasteiger partial charge in [-0.1, -0.05) is 60.7 Å². The summed E-state index contributed by atoms with van der Waals surface area (Å²) in [4.78, 5) is 19.2. The first-order valence-corrected chi connectivity index (χ1v) is 7.87. The van der Waals surface area contributed by atoms with Gasteiger partial charge in [0.05, 0.1) is 6.42 Å². The molecular formula is C18H24ClN3O4. The Bertz CT molecular complexity index is 617. The minimum atomic E-state index is -0.833. The van der Waals surface area contributed by atoms with Crippen molar-refractivity contribution in [2.24, 2.45) is 11.5 Å². The second kappa shape index (κ2) is 16.8. The van der Waals surface area contributed by atoms with Gasteiger partial charge < -0.3 is 21.7 Å². The molecule has 0 unspecified atom stereocenters. The third kappa shape index (κ3) is 23.2. The van der Waals surface area contributed by atoms with Crippen molar-refractivity contribution < 1.29 is 19.8 Å². The molecule has 0 amide bonds. The zero-order valence-corrected chi connectivity index (χ0v) is 15.2. The Hall–Kier alpha value is -3.06. The SMILES string of the molecule is CC(=O)O.ClCc1ccccc1.N=C(N)N.O=C(O)Cc1ccccc1. The Morgan fingerprint density at radius 3 is 1.46 bits per heavy atom. The van der Waals surface area contributed by atoms with E-state index in [1.807, 2.05) is 48.5 Å². The van der Waals surface area contributed by atoms with Gasteiger partial charge in [-0.2, -0.15) is 0 Å². The summed E-state index contributed by atoms with van der Waals surface area (Å²) in [5.41, 5.74) is 11.0. The lowest BCUT2D eigenvalue weighted by Crippen LogP contribution is -2.20. The number of halogens is 1. The van der Waals surface area contributed by atoms with E-state index in [-0.39, 0.29) is 12.4 Å². The Morgan fingerprint density at radius 1 is 0.923 bits per heavy atom. The van der Waals surface area contributed by atoms with E-state index < -0.39 is 11.9 Å². The molecule has 0 atom stereocenters. The predicted octanol–water partition coefficient (Wildman–Crippen LogP) is 2.67. The molecule has 2 aromatic rings. The van der Waals surface area contributed by atoms with Crippen molar-refractivity contribution >= 4 is 29.5 Å². The van der Waals surface area contributed by atoms with Gasteiger partial charge in [-0.05, 0) is 11.1 Å². The maximum atomic E-state index is 10.2. The average molecular weight is 382 g/mol. The number of nitrogens with two attached hydrogens (primary N) is 2. The van der Waals surface area contributed by atoms with Crippen molar-refractivity contribution in [3.63, 3.8) is 0 Å². The fourth-order valence-corrected chi connectivity index (χ4v) is 1.52. The summed E-state index contributed by atoms with van der Waals surface area (Å²) < 4.78 is 0. The minimum Gasteiger partial charge on any atom is -0.481 e. The number of hydrogen-bond acceptors (Lipinski definition) is 3. The van der Waals surface area contributed by atoms with Crippen LogP contribution in [-0.2, 0) is 21.9 Å². The molecule has 0 aliphatic carbocycles. The first-order chi connectivity index (χ1) is 12.2. The maximum absolute atomic E-state index is 10.2. The van der Waals surface area contributed by atoms with Crippen molar-refractivity contribution in [2.75, 3.05) is 0 Å². The van der Waals surface area contributed by atoms with Crippen LogP contribution in [-0.4, -0.2) is 28.1 Å². The molecule has 0 heterocycles. The van der Waals surface area contributed by atoms with Crippen molar-refractivity contribution in [2.45, 2.75) is 19.2 Å². The van der Waals surface area contributed by atoms with Crippen molar-refractivity contribution in [3.8, 4) is 0 Å². The summed E-state index contributed by atoms with van der Waals surface area (Å²) in [5, 5.41) is 21.8. The number of carboxylic acid groups (broad SMARTS) is 2. The zero-order valence-electron chi connectivity index (χ0n) is 14.4. The van der Waals surface area contributed by atoms with Crippen LogP contribution in [0.3, 0.4) is 0 Å². The van der Waals surface area contributed by atoms with Crippen LogP contribution in [0.25, 0.3) is 0 Å². The van der Waals surface area contributed by atoms with Crippen molar-refractivity contribution in [1.29, 1.82) is 5.41 Å². The molecule has 8 heteroatoms. The van der Waals surface area contributed by atoms with Crippen LogP contribution in [0.2, 0.25) is 0 Å². The highest BCUT2D eigenvalue weighted by Gasteiger charge is 1.96. The van der Waals surface area contributed by atoms with Crippen LogP contribution in [0.5, 0.6) is 0 Å². The number of nitrogens with one attached hydrogen (secondary N) is 1. The van der Waals surface area contributed by atoms with Gasteiger partial charge in [0.2, 0.25) is 0 Å². The number of rotatable bonds is 3. The zero-order chi connectivity index (χ0) is 20.4. The van der Waals surface area contributed by atoms with E-state index in [1.54, 1.807) is 12.1 Å². The van der Waals surface area contributed by atoms with Gasteiger partial charge in [-0.15, -0.1) is 11.6 Å². The normalized spacial score (nSPS) is 8.23. The molecule has 0 aliphatic rings. The fourth-order valence-electron chi connectivity index (χ4n) is 1.34. The molecule has 7 nitrogen and oxygen atoms in total. The number of carbonyl (C=O) groups is 2. The van der Waals surface area contributed by atoms with Crippen LogP contribution in [0.15, 0.2) is 60.7 Å². The molecule has 0 aromatic heterocycles. The molecule has 2 aromatic carbocycles. The lowest BCUT2D eigenvalue weighted by Gasteiger charge is -1.92. The molecule has 0 radical (unpaired) electrons. The number of guanidine groups is 1. The van der Waals surface area contributed by atoms with Crippen LogP contribution in [0, 0.1) is 5.41 Å². The summed E-state index contributed by atoms with van der Waals surface area (Å²) in [6, 6.07) is 19.1. The summed E-state index contributed by atoms with van der Waals surface area (Å²) >= 11 is 5.53. The third-order valence-corrected chi connectivity index (χ3v) is 2.50. The molecule has 142 valence electrons. The highest BCUT2D eigenvalue weighted by atomic mass is 35.5. The van der Waals surface area contributed by atoms with E-state index in [4.69, 9.17) is 32.0 Å². The number of hydrogen-bond donors (Lipinski definition) is 5. The summed E-state index contributed by atoms with van der Waals surface area (Å²) in [6.07, 6.45) is 0.112. The highest BCUT2D eigenvalue weighted by Crippen LogP contribution is 2.00. The lowest BCUT2D eigenvalue weighted by atomic mass is 10.2. The second-order valence-corrected chi connectivity index (χ2v) is 4.92. The largest absolute Gasteiger partial charge is 0.481 e. The number of alkyl halides is 1. The number of aliphatic carboxylic acids is 2. The molecule has 0 fully saturated rings. The molecular weight excluding hydrogens is 358 g/mol. The molecule has 0 spiro atoms. The molecule has 2 rings (SSSR count). The average Bonchev–Trinajstić information content (AvgIpc) is 2.55. The molecule has 7 N–H and O–H groups in total. The number of benzene rings is 2. The van der Waals surface area contributed by atoms with Crippen LogP contribution in [0.4, 0.5) is 0 Å². The summed E-state index contributed by atoms with van der Waals surface area (Å²) in [5.74, 6) is -1.34. The molecule has 0 aliphatic heterocycles. The Morgan fingerprint density at radius 2 is 1.23 bits per heavy atom. The standard InChI is InChI=1S/C8H8O2.C7H7Cl.C2H4O2.CH5N3/c9-8(10)6-7-4-2-1-3-5-7;8-6-7-4-2-1-3-5-7;1-2(3)4;2-1(3)4/h1-5H,6H2,(H,9,10);1-5H,6H2;1H3,(H,3,4);(H5,2,3,4). The first-order valence-electron chi connectivity index (χ1n) is 7.33. The predicted molar refractivity (Wildman–Crippen MR) is 103 cm³/mol. The van der Waals surface area contributed by atoms with Gasteiger partial charge >= 0.3 is 5.97 Å². The third-order valence-electron chi connectivity index (χ3n) is 2.20. The Balaban J connectivity index is 0. The Kier molecular flexibility index (Phi) is 16.3. The molecule has 26 heavy (non-hydrogen) atoms. The van der Waals surface area contributed by atoms with Crippen LogP contribution in [0.1, 0.15) is 18.1 Å². The monoisotopic (exact) mass is 381 g/mol. The van der Waals surface area contributed by atoms with Gasteiger partial charge in [0.1, 0.15) is 0 Å². The fraction of sp³-hybridized carbons (Fsp3) is 0.167. The molecule has 0 bridgehead atoms. The van der Waals surface area contributed by atoms with E-state index in [0.29, 0.717) is 5.88 Å². The Labute approximate surface area is 157 Å². The van der Waals surface area contributed by atoms with E-state index >= 15 is 0 Å². The highest BCUT2D eigenvalue weighted by molar-refractivity contribution is 6.17. The molecule has 0 saturated heterocycles. The topological polar surface area (TPSA) is 150 Å². The smallest absolute Gasteiger partial charge is 0.307 e. The van der Waals surface area contributed by atoms with Gasteiger partial charge in [0.25, 0.3) is 5.97 Å². The minimum absolute atomic E-state index is 0.112. The quantitative estimate of drug-likeness (QED) is 0.313. The van der Waals surface area contributed by atoms with Gasteiger partial charge in [-0.25, -0.2) is 0 Å². The van der Waals surface area contributed by atoms with E-state index in [0.717, 1.165) is 12.5 Å². The van der Waals surface area contributed by atoms with E-state index in [2.05, 4.69) is 11.5 Å². The summed E-state index contributed by atoms with van der Waals surface area (Å²) in [7, 11) is 0. The van der Waals surface area contributed by atoms with E-state index in [1.165, 1.54) is 5.56 Å².